The minimum absolute atomic E-state index is 0.0724. The molecule has 0 aliphatic carbocycles. The fraction of sp³-hybridized carbons (Fsp3) is 0.217. The normalized spacial score (nSPS) is 11.3. The van der Waals surface area contributed by atoms with E-state index in [1.165, 1.54) is 12.1 Å². The predicted molar refractivity (Wildman–Crippen MR) is 113 cm³/mol. The smallest absolute Gasteiger partial charge is 0.255 e. The summed E-state index contributed by atoms with van der Waals surface area (Å²) in [5, 5.41) is 7.75. The van der Waals surface area contributed by atoms with Gasteiger partial charge in [-0.1, -0.05) is 0 Å². The zero-order chi connectivity index (χ0) is 21.4. The van der Waals surface area contributed by atoms with Gasteiger partial charge in [-0.3, -0.25) is 9.48 Å². The Hall–Kier alpha value is -3.61. The maximum atomic E-state index is 13.4. The number of ether oxygens (including phenoxy) is 1. The Morgan fingerprint density at radius 2 is 1.93 bits per heavy atom. The van der Waals surface area contributed by atoms with Crippen LogP contribution < -0.4 is 10.1 Å². The molecule has 7 heteroatoms. The van der Waals surface area contributed by atoms with Crippen molar-refractivity contribution in [1.29, 1.82) is 0 Å². The molecule has 0 saturated heterocycles. The second-order valence-corrected chi connectivity index (χ2v) is 7.28. The van der Waals surface area contributed by atoms with E-state index in [4.69, 9.17) is 9.15 Å². The van der Waals surface area contributed by atoms with Crippen LogP contribution in [0.15, 0.2) is 53.1 Å². The number of carbonyl (C=O) groups excluding carboxylic acids is 1. The van der Waals surface area contributed by atoms with Gasteiger partial charge in [0.15, 0.2) is 0 Å². The topological polar surface area (TPSA) is 69.3 Å². The summed E-state index contributed by atoms with van der Waals surface area (Å²) in [6.45, 7) is 3.87. The fourth-order valence-electron chi connectivity index (χ4n) is 3.39. The number of hydrogen-bond acceptors (Lipinski definition) is 4. The van der Waals surface area contributed by atoms with Crippen LogP contribution in [0.5, 0.6) is 5.75 Å². The molecule has 2 aromatic carbocycles. The van der Waals surface area contributed by atoms with Crippen LogP contribution in [0.3, 0.4) is 0 Å². The summed E-state index contributed by atoms with van der Waals surface area (Å²) in [5.74, 6) is 0.321. The van der Waals surface area contributed by atoms with Gasteiger partial charge in [-0.15, -0.1) is 0 Å². The van der Waals surface area contributed by atoms with Gasteiger partial charge in [-0.05, 0) is 56.3 Å². The van der Waals surface area contributed by atoms with Gasteiger partial charge >= 0.3 is 0 Å². The van der Waals surface area contributed by atoms with Crippen LogP contribution in [0.1, 0.15) is 24.2 Å². The number of rotatable bonds is 5. The van der Waals surface area contributed by atoms with Gasteiger partial charge in [-0.2, -0.15) is 5.10 Å². The number of aryl methyl sites for hydroxylation is 1. The third-order valence-electron chi connectivity index (χ3n) is 4.70. The van der Waals surface area contributed by atoms with Crippen molar-refractivity contribution >= 4 is 16.9 Å². The zero-order valence-corrected chi connectivity index (χ0v) is 17.2. The molecular weight excluding hydrogens is 385 g/mol. The van der Waals surface area contributed by atoms with E-state index < -0.39 is 0 Å². The van der Waals surface area contributed by atoms with Gasteiger partial charge in [0.05, 0.1) is 17.4 Å². The SMILES string of the molecule is CNC(=O)c1c(-c2ccc(F)cc2)oc2cc(-c3ccn(C)n3)c(OC(C)C)cc12. The summed E-state index contributed by atoms with van der Waals surface area (Å²) in [4.78, 5) is 12.7. The van der Waals surface area contributed by atoms with Crippen molar-refractivity contribution in [3.63, 3.8) is 0 Å². The Labute approximate surface area is 173 Å². The summed E-state index contributed by atoms with van der Waals surface area (Å²) in [7, 11) is 3.40. The molecule has 1 N–H and O–H groups in total. The lowest BCUT2D eigenvalue weighted by molar-refractivity contribution is 0.0964. The summed E-state index contributed by atoms with van der Waals surface area (Å²) in [5.41, 5.74) is 3.00. The number of benzene rings is 2. The van der Waals surface area contributed by atoms with Crippen LogP contribution >= 0.6 is 0 Å². The third kappa shape index (κ3) is 3.54. The highest BCUT2D eigenvalue weighted by molar-refractivity contribution is 6.12. The number of nitrogens with zero attached hydrogens (tertiary/aromatic N) is 2. The largest absolute Gasteiger partial charge is 0.490 e. The lowest BCUT2D eigenvalue weighted by Gasteiger charge is -2.13. The third-order valence-corrected chi connectivity index (χ3v) is 4.70. The quantitative estimate of drug-likeness (QED) is 0.517. The van der Waals surface area contributed by atoms with Crippen LogP contribution in [0.4, 0.5) is 4.39 Å². The van der Waals surface area contributed by atoms with E-state index in [-0.39, 0.29) is 17.8 Å². The molecule has 0 aliphatic rings. The highest BCUT2D eigenvalue weighted by Gasteiger charge is 2.24. The van der Waals surface area contributed by atoms with Crippen LogP contribution in [0, 0.1) is 5.82 Å². The minimum atomic E-state index is -0.360. The van der Waals surface area contributed by atoms with Crippen molar-refractivity contribution in [3.05, 3.63) is 60.0 Å². The first-order valence-electron chi connectivity index (χ1n) is 9.62. The molecule has 0 saturated carbocycles. The Balaban J connectivity index is 2.00. The Kier molecular flexibility index (Phi) is 5.03. The predicted octanol–water partition coefficient (Wildman–Crippen LogP) is 4.79. The van der Waals surface area contributed by atoms with Crippen molar-refractivity contribution in [2.24, 2.45) is 7.05 Å². The zero-order valence-electron chi connectivity index (χ0n) is 17.2. The molecule has 4 rings (SSSR count). The van der Waals surface area contributed by atoms with Gasteiger partial charge in [0, 0.05) is 36.8 Å². The molecule has 2 aromatic heterocycles. The van der Waals surface area contributed by atoms with Crippen LogP contribution in [-0.4, -0.2) is 28.8 Å². The van der Waals surface area contributed by atoms with E-state index in [0.29, 0.717) is 33.6 Å². The number of amides is 1. The summed E-state index contributed by atoms with van der Waals surface area (Å²) in [6.07, 6.45) is 1.78. The van der Waals surface area contributed by atoms with Gasteiger partial charge in [0.1, 0.15) is 22.9 Å². The van der Waals surface area contributed by atoms with E-state index in [2.05, 4.69) is 10.4 Å². The first-order valence-corrected chi connectivity index (χ1v) is 9.62. The molecule has 0 atom stereocenters. The number of furan rings is 1. The number of hydrogen-bond donors (Lipinski definition) is 1. The van der Waals surface area contributed by atoms with Crippen molar-refractivity contribution in [2.45, 2.75) is 20.0 Å². The van der Waals surface area contributed by atoms with E-state index >= 15 is 0 Å². The average Bonchev–Trinajstić information content (AvgIpc) is 3.30. The minimum Gasteiger partial charge on any atom is -0.490 e. The second-order valence-electron chi connectivity index (χ2n) is 7.28. The lowest BCUT2D eigenvalue weighted by atomic mass is 10.0. The Morgan fingerprint density at radius 1 is 1.20 bits per heavy atom. The highest BCUT2D eigenvalue weighted by Crippen LogP contribution is 2.40. The molecule has 2 heterocycles. The number of fused-ring (bicyclic) bond motifs is 1. The molecule has 1 amide bonds. The van der Waals surface area contributed by atoms with Gasteiger partial charge < -0.3 is 14.5 Å². The molecule has 4 aromatic rings. The van der Waals surface area contributed by atoms with E-state index in [1.54, 1.807) is 29.9 Å². The van der Waals surface area contributed by atoms with Crippen LogP contribution in [0.2, 0.25) is 0 Å². The first kappa shape index (κ1) is 19.7. The number of aromatic nitrogens is 2. The van der Waals surface area contributed by atoms with Gasteiger partial charge in [0.2, 0.25) is 0 Å². The highest BCUT2D eigenvalue weighted by atomic mass is 19.1. The van der Waals surface area contributed by atoms with Crippen molar-refractivity contribution < 1.29 is 18.3 Å². The molecule has 0 radical (unpaired) electrons. The molecule has 30 heavy (non-hydrogen) atoms. The summed E-state index contributed by atoms with van der Waals surface area (Å²) >= 11 is 0. The van der Waals surface area contributed by atoms with Crippen LogP contribution in [-0.2, 0) is 7.05 Å². The maximum Gasteiger partial charge on any atom is 0.255 e. The first-order chi connectivity index (χ1) is 14.4. The van der Waals surface area contributed by atoms with E-state index in [1.807, 2.05) is 39.2 Å². The molecule has 6 nitrogen and oxygen atoms in total. The van der Waals surface area contributed by atoms with Gasteiger partial charge in [-0.25, -0.2) is 4.39 Å². The molecular formula is C23H22FN3O3. The fourth-order valence-corrected chi connectivity index (χ4v) is 3.39. The monoisotopic (exact) mass is 407 g/mol. The summed E-state index contributed by atoms with van der Waals surface area (Å²) < 4.78 is 27.3. The van der Waals surface area contributed by atoms with E-state index in [0.717, 1.165) is 11.3 Å². The molecule has 0 unspecified atom stereocenters. The molecule has 0 fully saturated rings. The number of halogens is 1. The Morgan fingerprint density at radius 3 is 2.53 bits per heavy atom. The lowest BCUT2D eigenvalue weighted by Crippen LogP contribution is -2.18. The molecule has 154 valence electrons. The van der Waals surface area contributed by atoms with Gasteiger partial charge in [0.25, 0.3) is 5.91 Å². The van der Waals surface area contributed by atoms with E-state index in [9.17, 15) is 9.18 Å². The number of nitrogens with one attached hydrogen (secondary N) is 1. The Bertz CT molecular complexity index is 1220. The van der Waals surface area contributed by atoms with Crippen molar-refractivity contribution in [3.8, 4) is 28.3 Å². The summed E-state index contributed by atoms with van der Waals surface area (Å²) in [6, 6.07) is 11.4. The van der Waals surface area contributed by atoms with Crippen molar-refractivity contribution in [1.82, 2.24) is 15.1 Å². The average molecular weight is 407 g/mol. The molecule has 0 aliphatic heterocycles. The molecule has 0 spiro atoms. The maximum absolute atomic E-state index is 13.4. The molecule has 0 bridgehead atoms. The number of carbonyl (C=O) groups is 1. The van der Waals surface area contributed by atoms with Crippen LogP contribution in [0.25, 0.3) is 33.6 Å². The van der Waals surface area contributed by atoms with Crippen molar-refractivity contribution in [2.75, 3.05) is 7.05 Å². The second kappa shape index (κ2) is 7.67. The standard InChI is InChI=1S/C23H22FN3O3/c1-13(2)29-19-12-17-20(11-16(19)18-9-10-27(4)26-18)30-22(21(17)23(28)25-3)14-5-7-15(24)8-6-14/h5-13H,1-4H3,(H,25,28).